The SMILES string of the molecule is O=C(CC1S/C(=N/N=C\c2ccccc2)NC1=O)Nc1cccc(C(F)(F)F)c1. The van der Waals surface area contributed by atoms with Gasteiger partial charge >= 0.3 is 6.18 Å². The number of nitrogens with zero attached hydrogens (tertiary/aromatic N) is 2. The summed E-state index contributed by atoms with van der Waals surface area (Å²) >= 11 is 1.03. The van der Waals surface area contributed by atoms with Crippen molar-refractivity contribution in [3.8, 4) is 0 Å². The van der Waals surface area contributed by atoms with Gasteiger partial charge in [0, 0.05) is 12.1 Å². The molecule has 2 amide bonds. The van der Waals surface area contributed by atoms with Crippen LogP contribution in [0, 0.1) is 0 Å². The number of halogens is 3. The molecule has 0 spiro atoms. The van der Waals surface area contributed by atoms with E-state index >= 15 is 0 Å². The number of anilines is 1. The number of nitrogens with one attached hydrogen (secondary N) is 2. The number of amides is 2. The fraction of sp³-hybridized carbons (Fsp3) is 0.158. The van der Waals surface area contributed by atoms with Crippen LogP contribution in [0.15, 0.2) is 64.8 Å². The van der Waals surface area contributed by atoms with Crippen molar-refractivity contribution < 1.29 is 22.8 Å². The second-order valence-electron chi connectivity index (χ2n) is 5.99. The third kappa shape index (κ3) is 5.92. The van der Waals surface area contributed by atoms with E-state index in [9.17, 15) is 22.8 Å². The van der Waals surface area contributed by atoms with Gasteiger partial charge in [-0.25, -0.2) is 0 Å². The van der Waals surface area contributed by atoms with Crippen LogP contribution in [-0.2, 0) is 15.8 Å². The molecule has 0 saturated carbocycles. The first-order chi connectivity index (χ1) is 13.8. The van der Waals surface area contributed by atoms with E-state index in [1.54, 1.807) is 0 Å². The maximum absolute atomic E-state index is 12.7. The van der Waals surface area contributed by atoms with Gasteiger partial charge in [0.2, 0.25) is 11.8 Å². The number of hydrogen-bond donors (Lipinski definition) is 2. The van der Waals surface area contributed by atoms with Crippen molar-refractivity contribution in [1.29, 1.82) is 0 Å². The minimum atomic E-state index is -4.51. The van der Waals surface area contributed by atoms with Gasteiger partial charge in [-0.05, 0) is 23.8 Å². The molecule has 2 aromatic carbocycles. The lowest BCUT2D eigenvalue weighted by molar-refractivity contribution is -0.137. The van der Waals surface area contributed by atoms with Gasteiger partial charge in [-0.3, -0.25) is 9.59 Å². The number of hydrogen-bond acceptors (Lipinski definition) is 5. The summed E-state index contributed by atoms with van der Waals surface area (Å²) in [6, 6.07) is 13.5. The zero-order valence-corrected chi connectivity index (χ0v) is 15.6. The molecule has 1 aliphatic heterocycles. The molecule has 0 bridgehead atoms. The van der Waals surface area contributed by atoms with E-state index in [-0.39, 0.29) is 17.3 Å². The number of benzene rings is 2. The lowest BCUT2D eigenvalue weighted by atomic mass is 10.2. The van der Waals surface area contributed by atoms with Crippen molar-refractivity contribution in [1.82, 2.24) is 5.32 Å². The molecule has 29 heavy (non-hydrogen) atoms. The van der Waals surface area contributed by atoms with Crippen molar-refractivity contribution in [3.05, 3.63) is 65.7 Å². The Hall–Kier alpha value is -3.14. The highest BCUT2D eigenvalue weighted by atomic mass is 32.2. The number of rotatable bonds is 5. The van der Waals surface area contributed by atoms with Gasteiger partial charge in [0.05, 0.1) is 11.8 Å². The Bertz CT molecular complexity index is 961. The van der Waals surface area contributed by atoms with Gasteiger partial charge < -0.3 is 10.6 Å². The van der Waals surface area contributed by atoms with E-state index in [0.29, 0.717) is 0 Å². The molecule has 3 rings (SSSR count). The smallest absolute Gasteiger partial charge is 0.326 e. The maximum Gasteiger partial charge on any atom is 0.416 e. The van der Waals surface area contributed by atoms with E-state index in [1.807, 2.05) is 30.3 Å². The molecule has 10 heteroatoms. The molecule has 6 nitrogen and oxygen atoms in total. The average molecular weight is 420 g/mol. The first-order valence-corrected chi connectivity index (χ1v) is 9.30. The van der Waals surface area contributed by atoms with Crippen LogP contribution in [0.25, 0.3) is 0 Å². The zero-order chi connectivity index (χ0) is 20.9. The van der Waals surface area contributed by atoms with Crippen molar-refractivity contribution in [2.45, 2.75) is 17.8 Å². The summed E-state index contributed by atoms with van der Waals surface area (Å²) in [6.45, 7) is 0. The summed E-state index contributed by atoms with van der Waals surface area (Å²) in [4.78, 5) is 24.1. The monoisotopic (exact) mass is 420 g/mol. The fourth-order valence-corrected chi connectivity index (χ4v) is 3.35. The van der Waals surface area contributed by atoms with E-state index in [1.165, 1.54) is 18.3 Å². The summed E-state index contributed by atoms with van der Waals surface area (Å²) in [5.74, 6) is -0.992. The minimum Gasteiger partial charge on any atom is -0.326 e. The predicted octanol–water partition coefficient (Wildman–Crippen LogP) is 3.66. The van der Waals surface area contributed by atoms with Crippen LogP contribution in [-0.4, -0.2) is 28.4 Å². The molecule has 1 atom stereocenters. The molecular weight excluding hydrogens is 405 g/mol. The van der Waals surface area contributed by atoms with Gasteiger partial charge in [0.1, 0.15) is 5.25 Å². The van der Waals surface area contributed by atoms with Crippen molar-refractivity contribution in [3.63, 3.8) is 0 Å². The van der Waals surface area contributed by atoms with Crippen molar-refractivity contribution >= 4 is 40.6 Å². The first-order valence-electron chi connectivity index (χ1n) is 8.42. The molecule has 1 fully saturated rings. The van der Waals surface area contributed by atoms with Crippen LogP contribution in [0.5, 0.6) is 0 Å². The highest BCUT2D eigenvalue weighted by molar-refractivity contribution is 8.15. The van der Waals surface area contributed by atoms with Crippen LogP contribution in [0.1, 0.15) is 17.5 Å². The third-order valence-electron chi connectivity index (χ3n) is 3.78. The number of amidine groups is 1. The Balaban J connectivity index is 1.56. The molecule has 0 aromatic heterocycles. The Morgan fingerprint density at radius 3 is 2.66 bits per heavy atom. The Kier molecular flexibility index (Phi) is 6.32. The molecule has 0 radical (unpaired) electrons. The van der Waals surface area contributed by atoms with Crippen LogP contribution >= 0.6 is 11.8 Å². The Morgan fingerprint density at radius 2 is 1.93 bits per heavy atom. The van der Waals surface area contributed by atoms with E-state index in [2.05, 4.69) is 20.8 Å². The normalized spacial score (nSPS) is 18.2. The van der Waals surface area contributed by atoms with Gasteiger partial charge in [0.15, 0.2) is 5.17 Å². The lowest BCUT2D eigenvalue weighted by Crippen LogP contribution is -2.28. The molecule has 2 aromatic rings. The van der Waals surface area contributed by atoms with Crippen LogP contribution in [0.3, 0.4) is 0 Å². The minimum absolute atomic E-state index is 0.00887. The quantitative estimate of drug-likeness (QED) is 0.572. The second kappa shape index (κ2) is 8.91. The van der Waals surface area contributed by atoms with Crippen molar-refractivity contribution in [2.75, 3.05) is 5.32 Å². The average Bonchev–Trinajstić information content (AvgIpc) is 3.01. The van der Waals surface area contributed by atoms with Gasteiger partial charge in [-0.15, -0.1) is 5.10 Å². The van der Waals surface area contributed by atoms with Gasteiger partial charge in [0.25, 0.3) is 0 Å². The predicted molar refractivity (Wildman–Crippen MR) is 106 cm³/mol. The van der Waals surface area contributed by atoms with Crippen LogP contribution in [0.2, 0.25) is 0 Å². The topological polar surface area (TPSA) is 82.9 Å². The number of carbonyl (C=O) groups is 2. The molecular formula is C19H15F3N4O2S. The second-order valence-corrected chi connectivity index (χ2v) is 7.18. The number of thioether (sulfide) groups is 1. The summed E-state index contributed by atoms with van der Waals surface area (Å²) in [7, 11) is 0. The van der Waals surface area contributed by atoms with Crippen molar-refractivity contribution in [2.24, 2.45) is 10.2 Å². The van der Waals surface area contributed by atoms with Gasteiger partial charge in [-0.2, -0.15) is 18.3 Å². The first kappa shape index (κ1) is 20.6. The summed E-state index contributed by atoms with van der Waals surface area (Å²) in [5.41, 5.74) is -0.0215. The molecule has 1 saturated heterocycles. The maximum atomic E-state index is 12.7. The highest BCUT2D eigenvalue weighted by Gasteiger charge is 2.33. The van der Waals surface area contributed by atoms with E-state index in [0.717, 1.165) is 29.5 Å². The molecule has 1 heterocycles. The molecule has 150 valence electrons. The largest absolute Gasteiger partial charge is 0.416 e. The Labute approximate surface area is 168 Å². The fourth-order valence-electron chi connectivity index (χ4n) is 2.43. The van der Waals surface area contributed by atoms with E-state index < -0.39 is 28.8 Å². The van der Waals surface area contributed by atoms with E-state index in [4.69, 9.17) is 0 Å². The molecule has 1 aliphatic rings. The van der Waals surface area contributed by atoms with Gasteiger partial charge in [-0.1, -0.05) is 48.2 Å². The standard InChI is InChI=1S/C19H15F3N4O2S/c20-19(21,22)13-7-4-8-14(9-13)24-16(27)10-15-17(28)25-18(29-15)26-23-11-12-5-2-1-3-6-12/h1-9,11,15H,10H2,(H,24,27)(H,25,26,28)/b23-11-. The lowest BCUT2D eigenvalue weighted by Gasteiger charge is -2.10. The van der Waals surface area contributed by atoms with Crippen LogP contribution < -0.4 is 10.6 Å². The number of carbonyl (C=O) groups excluding carboxylic acids is 2. The number of alkyl halides is 3. The molecule has 2 N–H and O–H groups in total. The van der Waals surface area contributed by atoms with Crippen LogP contribution in [0.4, 0.5) is 18.9 Å². The highest BCUT2D eigenvalue weighted by Crippen LogP contribution is 2.31. The Morgan fingerprint density at radius 1 is 1.17 bits per heavy atom. The summed E-state index contributed by atoms with van der Waals surface area (Å²) in [5, 5.41) is 12.2. The molecule has 1 unspecified atom stereocenters. The summed E-state index contributed by atoms with van der Waals surface area (Å²) < 4.78 is 38.2. The summed E-state index contributed by atoms with van der Waals surface area (Å²) in [6.07, 6.45) is -3.20. The zero-order valence-electron chi connectivity index (χ0n) is 14.8. The molecule has 0 aliphatic carbocycles. The third-order valence-corrected chi connectivity index (χ3v) is 4.85.